The molecule has 0 saturated carbocycles. The van der Waals surface area contributed by atoms with Gasteiger partial charge in [-0.2, -0.15) is 10.1 Å². The summed E-state index contributed by atoms with van der Waals surface area (Å²) < 4.78 is 31.5. The van der Waals surface area contributed by atoms with Gasteiger partial charge in [0.1, 0.15) is 0 Å². The topological polar surface area (TPSA) is 81.1 Å². The molecule has 1 fully saturated rings. The van der Waals surface area contributed by atoms with Gasteiger partial charge < -0.3 is 19.1 Å². The zero-order valence-corrected chi connectivity index (χ0v) is 18.5. The predicted molar refractivity (Wildman–Crippen MR) is 118 cm³/mol. The molecule has 2 aromatic rings. The van der Waals surface area contributed by atoms with Crippen molar-refractivity contribution < 1.29 is 18.6 Å². The van der Waals surface area contributed by atoms with Crippen molar-refractivity contribution in [3.8, 4) is 11.5 Å². The first-order valence-corrected chi connectivity index (χ1v) is 10.3. The van der Waals surface area contributed by atoms with Gasteiger partial charge in [-0.3, -0.25) is 0 Å². The second kappa shape index (κ2) is 10.5. The molecule has 29 heavy (non-hydrogen) atoms. The first-order valence-electron chi connectivity index (χ1n) is 9.27. The molecule has 10 heteroatoms. The van der Waals surface area contributed by atoms with Crippen LogP contribution in [0.1, 0.15) is 18.9 Å². The quantitative estimate of drug-likeness (QED) is 0.328. The number of anilines is 2. The van der Waals surface area contributed by atoms with Crippen molar-refractivity contribution in [3.05, 3.63) is 33.3 Å². The monoisotopic (exact) mass is 515 g/mol. The number of nitrogens with one attached hydrogen (secondary N) is 1. The second-order valence-corrected chi connectivity index (χ2v) is 7.38. The van der Waals surface area contributed by atoms with Gasteiger partial charge in [-0.15, -0.1) is 0 Å². The van der Waals surface area contributed by atoms with Crippen LogP contribution in [0.5, 0.6) is 11.5 Å². The van der Waals surface area contributed by atoms with Gasteiger partial charge in [-0.25, -0.2) is 14.8 Å². The average Bonchev–Trinajstić information content (AvgIpc) is 2.74. The lowest BCUT2D eigenvalue weighted by atomic mass is 10.2. The summed E-state index contributed by atoms with van der Waals surface area (Å²) in [5.74, 6) is 1.35. The number of ether oxygens (including phenoxy) is 3. The van der Waals surface area contributed by atoms with E-state index in [-0.39, 0.29) is 11.8 Å². The summed E-state index contributed by atoms with van der Waals surface area (Å²) in [5.41, 5.74) is 3.57. The number of morpholine rings is 1. The molecule has 1 aliphatic rings. The first-order chi connectivity index (χ1) is 14.1. The highest BCUT2D eigenvalue weighted by molar-refractivity contribution is 14.1. The smallest absolute Gasteiger partial charge is 0.245 e. The number of benzene rings is 1. The molecule has 0 bridgehead atoms. The number of methoxy groups -OCH3 is 1. The van der Waals surface area contributed by atoms with Crippen molar-refractivity contribution in [1.82, 2.24) is 9.97 Å². The van der Waals surface area contributed by atoms with Crippen molar-refractivity contribution in [2.75, 3.05) is 50.3 Å². The molecule has 1 aromatic carbocycles. The van der Waals surface area contributed by atoms with Gasteiger partial charge in [0.05, 0.1) is 42.9 Å². The largest absolute Gasteiger partial charge is 0.493 e. The highest BCUT2D eigenvalue weighted by Gasteiger charge is 2.17. The molecule has 0 amide bonds. The van der Waals surface area contributed by atoms with Crippen LogP contribution in [0.2, 0.25) is 0 Å². The molecule has 2 heterocycles. The number of nitrogens with zero attached hydrogens (tertiary/aromatic N) is 4. The third-order valence-corrected chi connectivity index (χ3v) is 4.92. The Labute approximate surface area is 182 Å². The molecule has 1 aromatic heterocycles. The summed E-state index contributed by atoms with van der Waals surface area (Å²) in [5, 5.41) is 4.17. The Kier molecular flexibility index (Phi) is 7.81. The van der Waals surface area contributed by atoms with Crippen LogP contribution >= 0.6 is 22.6 Å². The van der Waals surface area contributed by atoms with Crippen molar-refractivity contribution in [2.45, 2.75) is 13.3 Å². The average molecular weight is 515 g/mol. The van der Waals surface area contributed by atoms with Crippen LogP contribution in [-0.4, -0.2) is 56.2 Å². The maximum Gasteiger partial charge on any atom is 0.245 e. The van der Waals surface area contributed by atoms with Crippen LogP contribution in [0.15, 0.2) is 23.4 Å². The number of hydrazone groups is 1. The Bertz CT molecular complexity index is 862. The van der Waals surface area contributed by atoms with Crippen LogP contribution in [0.3, 0.4) is 0 Å². The standard InChI is InChI=1S/C19H23FIN5O3/c1-3-6-29-17-15(21)9-13(10-16(17)27-2)11-23-25-19-22-12-14(20)18(24-19)26-4-7-28-8-5-26/h9-12H,3-8H2,1-2H3,(H,22,24,25)/b23-11+. The fourth-order valence-corrected chi connectivity index (χ4v) is 3.51. The van der Waals surface area contributed by atoms with E-state index in [1.54, 1.807) is 13.3 Å². The van der Waals surface area contributed by atoms with Gasteiger partial charge in [0.15, 0.2) is 23.1 Å². The Hall–Kier alpha value is -2.21. The Morgan fingerprint density at radius 2 is 2.17 bits per heavy atom. The number of hydrogen-bond donors (Lipinski definition) is 1. The van der Waals surface area contributed by atoms with Gasteiger partial charge in [0.2, 0.25) is 5.95 Å². The molecule has 1 N–H and O–H groups in total. The van der Waals surface area contributed by atoms with Crippen LogP contribution in [0, 0.1) is 9.39 Å². The zero-order chi connectivity index (χ0) is 20.6. The third-order valence-electron chi connectivity index (χ3n) is 4.12. The fraction of sp³-hybridized carbons (Fsp3) is 0.421. The third kappa shape index (κ3) is 5.66. The zero-order valence-electron chi connectivity index (χ0n) is 16.3. The van der Waals surface area contributed by atoms with Gasteiger partial charge >= 0.3 is 0 Å². The van der Waals surface area contributed by atoms with Crippen molar-refractivity contribution in [3.63, 3.8) is 0 Å². The highest BCUT2D eigenvalue weighted by atomic mass is 127. The van der Waals surface area contributed by atoms with E-state index in [0.29, 0.717) is 38.7 Å². The Morgan fingerprint density at radius 3 is 2.90 bits per heavy atom. The minimum Gasteiger partial charge on any atom is -0.493 e. The van der Waals surface area contributed by atoms with E-state index >= 15 is 0 Å². The number of aromatic nitrogens is 2. The summed E-state index contributed by atoms with van der Waals surface area (Å²) >= 11 is 2.20. The molecular weight excluding hydrogens is 492 g/mol. The van der Waals surface area contributed by atoms with Gasteiger partial charge in [0.25, 0.3) is 0 Å². The minimum atomic E-state index is -0.469. The van der Waals surface area contributed by atoms with Crippen LogP contribution < -0.4 is 19.8 Å². The molecule has 8 nitrogen and oxygen atoms in total. The van der Waals surface area contributed by atoms with E-state index in [2.05, 4.69) is 43.1 Å². The lowest BCUT2D eigenvalue weighted by molar-refractivity contribution is 0.122. The van der Waals surface area contributed by atoms with Gasteiger partial charge in [-0.05, 0) is 46.7 Å². The van der Waals surface area contributed by atoms with E-state index in [0.717, 1.165) is 27.5 Å². The molecule has 1 saturated heterocycles. The lowest BCUT2D eigenvalue weighted by Crippen LogP contribution is -2.37. The van der Waals surface area contributed by atoms with Gasteiger partial charge in [-0.1, -0.05) is 6.92 Å². The Morgan fingerprint density at radius 1 is 1.38 bits per heavy atom. The van der Waals surface area contributed by atoms with Crippen LogP contribution in [0.25, 0.3) is 0 Å². The van der Waals surface area contributed by atoms with Crippen molar-refractivity contribution in [2.24, 2.45) is 5.10 Å². The molecule has 1 aliphatic heterocycles. The minimum absolute atomic E-state index is 0.216. The summed E-state index contributed by atoms with van der Waals surface area (Å²) in [6.07, 6.45) is 3.67. The number of halogens is 2. The summed E-state index contributed by atoms with van der Waals surface area (Å²) in [6.45, 7) is 4.93. The van der Waals surface area contributed by atoms with Crippen molar-refractivity contribution >= 4 is 40.6 Å². The van der Waals surface area contributed by atoms with E-state index in [1.807, 2.05) is 24.0 Å². The molecule has 0 radical (unpaired) electrons. The predicted octanol–water partition coefficient (Wildman–Crippen LogP) is 3.30. The SMILES string of the molecule is CCCOc1c(I)cc(/C=N/Nc2ncc(F)c(N3CCOCC3)n2)cc1OC. The second-order valence-electron chi connectivity index (χ2n) is 6.22. The van der Waals surface area contributed by atoms with Crippen molar-refractivity contribution in [1.29, 1.82) is 0 Å². The van der Waals surface area contributed by atoms with E-state index < -0.39 is 5.82 Å². The molecule has 0 spiro atoms. The summed E-state index contributed by atoms with van der Waals surface area (Å²) in [7, 11) is 1.60. The summed E-state index contributed by atoms with van der Waals surface area (Å²) in [4.78, 5) is 10.0. The van der Waals surface area contributed by atoms with Gasteiger partial charge in [0, 0.05) is 13.1 Å². The molecule has 156 valence electrons. The maximum atomic E-state index is 14.1. The normalized spacial score (nSPS) is 14.3. The van der Waals surface area contributed by atoms with E-state index in [9.17, 15) is 4.39 Å². The summed E-state index contributed by atoms with van der Waals surface area (Å²) in [6, 6.07) is 3.77. The fourth-order valence-electron chi connectivity index (χ4n) is 2.73. The lowest BCUT2D eigenvalue weighted by Gasteiger charge is -2.27. The van der Waals surface area contributed by atoms with E-state index in [1.165, 1.54) is 0 Å². The molecule has 3 rings (SSSR count). The molecule has 0 unspecified atom stereocenters. The van der Waals surface area contributed by atoms with Crippen LogP contribution in [0.4, 0.5) is 16.2 Å². The number of hydrogen-bond acceptors (Lipinski definition) is 8. The van der Waals surface area contributed by atoms with Crippen LogP contribution in [-0.2, 0) is 4.74 Å². The molecular formula is C19H23FIN5O3. The number of rotatable bonds is 8. The molecule has 0 aliphatic carbocycles. The highest BCUT2D eigenvalue weighted by Crippen LogP contribution is 2.33. The maximum absolute atomic E-state index is 14.1. The molecule has 0 atom stereocenters. The first kappa shape index (κ1) is 21.5. The van der Waals surface area contributed by atoms with E-state index in [4.69, 9.17) is 14.2 Å². The Balaban J connectivity index is 1.72.